The number of thiol groups is 1. The minimum absolute atomic E-state index is 0.521. The molecule has 0 unspecified atom stereocenters. The fraction of sp³-hybridized carbons (Fsp3) is 0.600. The van der Waals surface area contributed by atoms with Gasteiger partial charge >= 0.3 is 0 Å². The third-order valence-corrected chi connectivity index (χ3v) is 2.80. The highest BCUT2D eigenvalue weighted by Gasteiger charge is 2.14. The van der Waals surface area contributed by atoms with Crippen LogP contribution in [0.1, 0.15) is 20.8 Å². The van der Waals surface area contributed by atoms with Crippen LogP contribution >= 0.6 is 12.6 Å². The number of rotatable bonds is 4. The molecule has 0 bridgehead atoms. The Hall–Kier alpha value is -1.37. The number of hydrogen-bond acceptors (Lipinski definition) is 5. The molecular formula is C10H16N6S. The van der Waals surface area contributed by atoms with Crippen molar-refractivity contribution in [1.29, 1.82) is 0 Å². The van der Waals surface area contributed by atoms with Gasteiger partial charge in [-0.25, -0.2) is 0 Å². The first kappa shape index (κ1) is 12.1. The second-order valence-electron chi connectivity index (χ2n) is 4.26. The summed E-state index contributed by atoms with van der Waals surface area (Å²) in [6.45, 7) is 7.78. The molecule has 0 aliphatic carbocycles. The van der Waals surface area contributed by atoms with Gasteiger partial charge in [-0.3, -0.25) is 4.68 Å². The maximum absolute atomic E-state index is 4.47. The van der Waals surface area contributed by atoms with Gasteiger partial charge in [-0.2, -0.15) is 9.90 Å². The van der Waals surface area contributed by atoms with Crippen molar-refractivity contribution < 1.29 is 0 Å². The Morgan fingerprint density at radius 3 is 2.76 bits per heavy atom. The first-order valence-corrected chi connectivity index (χ1v) is 6.09. The van der Waals surface area contributed by atoms with E-state index >= 15 is 0 Å². The standard InChI is InChI=1S/C10H16N6S/c1-4-16-13-9(12-14-16)8-5-11-15(10(8)17)6-7(2)3/h5,7,17H,4,6H2,1-3H3. The lowest BCUT2D eigenvalue weighted by atomic mass is 10.2. The molecule has 0 spiro atoms. The second kappa shape index (κ2) is 4.87. The molecule has 0 aliphatic heterocycles. The van der Waals surface area contributed by atoms with Crippen LogP contribution in [0.25, 0.3) is 11.4 Å². The SMILES string of the molecule is CCn1nnc(-c2cnn(CC(C)C)c2S)n1. The molecule has 2 rings (SSSR count). The number of hydrogen-bond donors (Lipinski definition) is 1. The van der Waals surface area contributed by atoms with Crippen molar-refractivity contribution in [2.24, 2.45) is 5.92 Å². The van der Waals surface area contributed by atoms with Crippen LogP contribution in [0, 0.1) is 5.92 Å². The van der Waals surface area contributed by atoms with Gasteiger partial charge in [0.05, 0.1) is 18.3 Å². The van der Waals surface area contributed by atoms with Gasteiger partial charge in [0, 0.05) is 6.54 Å². The van der Waals surface area contributed by atoms with Crippen molar-refractivity contribution in [2.45, 2.75) is 38.9 Å². The van der Waals surface area contributed by atoms with Crippen LogP contribution in [0.15, 0.2) is 11.2 Å². The summed E-state index contributed by atoms with van der Waals surface area (Å²) < 4.78 is 1.86. The summed E-state index contributed by atoms with van der Waals surface area (Å²) in [5, 5.41) is 17.2. The van der Waals surface area contributed by atoms with Crippen LogP contribution in [0.4, 0.5) is 0 Å². The van der Waals surface area contributed by atoms with Gasteiger partial charge in [-0.1, -0.05) is 13.8 Å². The lowest BCUT2D eigenvalue weighted by molar-refractivity contribution is 0.457. The average molecular weight is 252 g/mol. The molecule has 0 aliphatic rings. The van der Waals surface area contributed by atoms with Gasteiger partial charge in [-0.15, -0.1) is 22.8 Å². The van der Waals surface area contributed by atoms with Gasteiger partial charge in [-0.05, 0) is 18.1 Å². The molecule has 92 valence electrons. The molecular weight excluding hydrogens is 236 g/mol. The van der Waals surface area contributed by atoms with Gasteiger partial charge in [0.15, 0.2) is 0 Å². The number of tetrazole rings is 1. The van der Waals surface area contributed by atoms with Crippen molar-refractivity contribution in [3.63, 3.8) is 0 Å². The molecule has 17 heavy (non-hydrogen) atoms. The third kappa shape index (κ3) is 2.49. The van der Waals surface area contributed by atoms with Crippen LogP contribution in [0.3, 0.4) is 0 Å². The highest BCUT2D eigenvalue weighted by atomic mass is 32.1. The predicted molar refractivity (Wildman–Crippen MR) is 66.8 cm³/mol. The zero-order valence-corrected chi connectivity index (χ0v) is 11.1. The van der Waals surface area contributed by atoms with E-state index in [2.05, 4.69) is 47.0 Å². The van der Waals surface area contributed by atoms with Gasteiger partial charge in [0.2, 0.25) is 5.82 Å². The van der Waals surface area contributed by atoms with Crippen molar-refractivity contribution in [3.8, 4) is 11.4 Å². The molecule has 7 heteroatoms. The first-order chi connectivity index (χ1) is 8.11. The van der Waals surface area contributed by atoms with E-state index in [-0.39, 0.29) is 0 Å². The summed E-state index contributed by atoms with van der Waals surface area (Å²) in [5.41, 5.74) is 0.827. The summed E-state index contributed by atoms with van der Waals surface area (Å²) in [6.07, 6.45) is 1.74. The van der Waals surface area contributed by atoms with Crippen LogP contribution in [-0.4, -0.2) is 30.0 Å². The Kier molecular flexibility index (Phi) is 3.46. The summed E-state index contributed by atoms with van der Waals surface area (Å²) in [5.74, 6) is 1.10. The minimum Gasteiger partial charge on any atom is -0.258 e. The maximum Gasteiger partial charge on any atom is 0.209 e. The largest absolute Gasteiger partial charge is 0.258 e. The van der Waals surface area contributed by atoms with Crippen LogP contribution < -0.4 is 0 Å². The molecule has 0 amide bonds. The van der Waals surface area contributed by atoms with Gasteiger partial charge in [0.1, 0.15) is 5.03 Å². The van der Waals surface area contributed by atoms with Crippen molar-refractivity contribution in [2.75, 3.05) is 0 Å². The number of aryl methyl sites for hydroxylation is 1. The summed E-state index contributed by atoms with van der Waals surface area (Å²) in [7, 11) is 0. The molecule has 2 heterocycles. The molecule has 0 radical (unpaired) electrons. The molecule has 0 atom stereocenters. The lowest BCUT2D eigenvalue weighted by Crippen LogP contribution is -2.06. The topological polar surface area (TPSA) is 61.4 Å². The van der Waals surface area contributed by atoms with Gasteiger partial charge in [0.25, 0.3) is 0 Å². The minimum atomic E-state index is 0.521. The van der Waals surface area contributed by atoms with Crippen LogP contribution in [0.2, 0.25) is 0 Å². The Morgan fingerprint density at radius 1 is 1.41 bits per heavy atom. The number of nitrogens with zero attached hydrogens (tertiary/aromatic N) is 6. The van der Waals surface area contributed by atoms with E-state index in [1.165, 1.54) is 0 Å². The van der Waals surface area contributed by atoms with E-state index in [0.717, 1.165) is 17.1 Å². The van der Waals surface area contributed by atoms with E-state index in [0.29, 0.717) is 18.3 Å². The maximum atomic E-state index is 4.47. The second-order valence-corrected chi connectivity index (χ2v) is 4.68. The fourth-order valence-corrected chi connectivity index (χ4v) is 1.79. The Morgan fingerprint density at radius 2 is 2.18 bits per heavy atom. The Bertz CT molecular complexity index is 501. The highest BCUT2D eigenvalue weighted by molar-refractivity contribution is 7.80. The highest BCUT2D eigenvalue weighted by Crippen LogP contribution is 2.23. The normalized spacial score (nSPS) is 11.4. The third-order valence-electron chi connectivity index (χ3n) is 2.33. The van der Waals surface area contributed by atoms with Crippen molar-refractivity contribution in [1.82, 2.24) is 30.0 Å². The molecule has 6 nitrogen and oxygen atoms in total. The van der Waals surface area contributed by atoms with Crippen LogP contribution in [-0.2, 0) is 13.1 Å². The first-order valence-electron chi connectivity index (χ1n) is 5.64. The smallest absolute Gasteiger partial charge is 0.209 e. The molecule has 0 aromatic carbocycles. The molecule has 2 aromatic heterocycles. The van der Waals surface area contributed by atoms with E-state index in [4.69, 9.17) is 0 Å². The van der Waals surface area contributed by atoms with Gasteiger partial charge < -0.3 is 0 Å². The van der Waals surface area contributed by atoms with Crippen LogP contribution in [0.5, 0.6) is 0 Å². The molecule has 0 fully saturated rings. The summed E-state index contributed by atoms with van der Waals surface area (Å²) in [4.78, 5) is 1.54. The lowest BCUT2D eigenvalue weighted by Gasteiger charge is -2.06. The van der Waals surface area contributed by atoms with Crippen molar-refractivity contribution >= 4 is 12.6 Å². The zero-order chi connectivity index (χ0) is 12.4. The molecule has 0 saturated heterocycles. The predicted octanol–water partition coefficient (Wildman–Crippen LogP) is 1.50. The zero-order valence-electron chi connectivity index (χ0n) is 10.2. The van der Waals surface area contributed by atoms with E-state index in [1.807, 2.05) is 11.6 Å². The molecule has 0 saturated carbocycles. The Labute approximate surface area is 105 Å². The van der Waals surface area contributed by atoms with E-state index in [9.17, 15) is 0 Å². The summed E-state index contributed by atoms with van der Waals surface area (Å²) >= 11 is 4.47. The van der Waals surface area contributed by atoms with Crippen molar-refractivity contribution in [3.05, 3.63) is 6.20 Å². The average Bonchev–Trinajstić information content (AvgIpc) is 2.86. The Balaban J connectivity index is 2.30. The fourth-order valence-electron chi connectivity index (χ4n) is 1.50. The van der Waals surface area contributed by atoms with E-state index < -0.39 is 0 Å². The molecule has 0 N–H and O–H groups in total. The molecule has 2 aromatic rings. The number of aromatic nitrogens is 6. The quantitative estimate of drug-likeness (QED) is 0.838. The van der Waals surface area contributed by atoms with E-state index in [1.54, 1.807) is 11.0 Å². The monoisotopic (exact) mass is 252 g/mol. The summed E-state index contributed by atoms with van der Waals surface area (Å²) in [6, 6.07) is 0.